The Bertz CT molecular complexity index is 1010. The van der Waals surface area contributed by atoms with Gasteiger partial charge in [0.15, 0.2) is 0 Å². The standard InChI is InChI=1S/C18H20N6O3/c25-16(14-6-19-4-5-20-14)22-8-12-9-23-15(13(12)10-22)21-24(18(27)17(23)26)7-11-2-1-3-11/h4-6,11-13H,1-3,7-10H2/t12-,13+/m1/s1. The van der Waals surface area contributed by atoms with E-state index in [-0.39, 0.29) is 17.7 Å². The highest BCUT2D eigenvalue weighted by molar-refractivity contribution is 5.92. The maximum Gasteiger partial charge on any atom is 0.332 e. The van der Waals surface area contributed by atoms with Crippen molar-refractivity contribution in [2.24, 2.45) is 11.8 Å². The highest BCUT2D eigenvalue weighted by Gasteiger charge is 2.44. The molecule has 2 aromatic rings. The van der Waals surface area contributed by atoms with E-state index in [0.717, 1.165) is 12.8 Å². The minimum atomic E-state index is -0.530. The van der Waals surface area contributed by atoms with Crippen LogP contribution >= 0.6 is 0 Å². The highest BCUT2D eigenvalue weighted by atomic mass is 16.2. The molecule has 5 rings (SSSR count). The largest absolute Gasteiger partial charge is 0.336 e. The second-order valence-electron chi connectivity index (χ2n) is 7.73. The lowest BCUT2D eigenvalue weighted by Crippen LogP contribution is -2.45. The van der Waals surface area contributed by atoms with Crippen molar-refractivity contribution in [3.05, 3.63) is 50.8 Å². The van der Waals surface area contributed by atoms with Crippen LogP contribution in [0.25, 0.3) is 0 Å². The van der Waals surface area contributed by atoms with E-state index in [1.165, 1.54) is 34.3 Å². The first-order chi connectivity index (χ1) is 13.1. The molecule has 0 radical (unpaired) electrons. The quantitative estimate of drug-likeness (QED) is 0.699. The molecule has 2 atom stereocenters. The molecule has 4 heterocycles. The van der Waals surface area contributed by atoms with Gasteiger partial charge in [-0.3, -0.25) is 23.9 Å². The number of carbonyl (C=O) groups is 1. The Morgan fingerprint density at radius 3 is 2.67 bits per heavy atom. The van der Waals surface area contributed by atoms with Crippen molar-refractivity contribution in [3.8, 4) is 0 Å². The van der Waals surface area contributed by atoms with E-state index in [4.69, 9.17) is 0 Å². The molecule has 140 valence electrons. The van der Waals surface area contributed by atoms with Gasteiger partial charge in [-0.1, -0.05) is 6.42 Å². The van der Waals surface area contributed by atoms with Crippen LogP contribution in [0, 0.1) is 11.8 Å². The molecular weight excluding hydrogens is 348 g/mol. The Balaban J connectivity index is 1.43. The minimum absolute atomic E-state index is 0.0217. The number of rotatable bonds is 3. The van der Waals surface area contributed by atoms with Gasteiger partial charge in [0.05, 0.1) is 6.20 Å². The number of carbonyl (C=O) groups excluding carboxylic acids is 1. The molecular formula is C18H20N6O3. The Kier molecular flexibility index (Phi) is 3.70. The number of nitrogens with zero attached hydrogens (tertiary/aromatic N) is 6. The Labute approximate surface area is 154 Å². The molecule has 2 aromatic heterocycles. The third-order valence-corrected chi connectivity index (χ3v) is 6.08. The maximum atomic E-state index is 12.6. The molecule has 0 bridgehead atoms. The van der Waals surface area contributed by atoms with E-state index in [1.807, 2.05) is 0 Å². The number of likely N-dealkylation sites (tertiary alicyclic amines) is 1. The average Bonchev–Trinajstić information content (AvgIpc) is 3.21. The third kappa shape index (κ3) is 2.60. The Hall–Kier alpha value is -2.84. The first-order valence-electron chi connectivity index (χ1n) is 9.39. The van der Waals surface area contributed by atoms with Gasteiger partial charge in [0.25, 0.3) is 5.91 Å². The Morgan fingerprint density at radius 1 is 1.11 bits per heavy atom. The van der Waals surface area contributed by atoms with Crippen molar-refractivity contribution in [2.45, 2.75) is 38.3 Å². The fourth-order valence-corrected chi connectivity index (χ4v) is 4.37. The highest BCUT2D eigenvalue weighted by Crippen LogP contribution is 2.37. The lowest BCUT2D eigenvalue weighted by Gasteiger charge is -2.25. The molecule has 3 aliphatic rings. The first-order valence-corrected chi connectivity index (χ1v) is 9.39. The van der Waals surface area contributed by atoms with Crippen molar-refractivity contribution in [2.75, 3.05) is 13.1 Å². The van der Waals surface area contributed by atoms with Crippen LogP contribution in [0.1, 0.15) is 41.5 Å². The smallest absolute Gasteiger partial charge is 0.332 e. The summed E-state index contributed by atoms with van der Waals surface area (Å²) in [6.07, 6.45) is 7.83. The van der Waals surface area contributed by atoms with Gasteiger partial charge in [0, 0.05) is 50.4 Å². The van der Waals surface area contributed by atoms with Crippen LogP contribution in [-0.4, -0.2) is 48.2 Å². The maximum absolute atomic E-state index is 12.6. The molecule has 1 amide bonds. The van der Waals surface area contributed by atoms with Crippen molar-refractivity contribution in [1.29, 1.82) is 0 Å². The zero-order valence-electron chi connectivity index (χ0n) is 14.8. The number of hydrogen-bond donors (Lipinski definition) is 0. The molecule has 0 aromatic carbocycles. The number of aromatic nitrogens is 5. The normalized spacial score (nSPS) is 23.8. The summed E-state index contributed by atoms with van der Waals surface area (Å²) in [5.74, 6) is 0.997. The van der Waals surface area contributed by atoms with Crippen molar-refractivity contribution in [1.82, 2.24) is 29.2 Å². The van der Waals surface area contributed by atoms with Gasteiger partial charge in [-0.15, -0.1) is 0 Å². The molecule has 9 nitrogen and oxygen atoms in total. The molecule has 1 aliphatic carbocycles. The topological polar surface area (TPSA) is 103 Å². The van der Waals surface area contributed by atoms with E-state index in [9.17, 15) is 14.4 Å². The predicted octanol–water partition coefficient (Wildman–Crippen LogP) is -0.135. The van der Waals surface area contributed by atoms with Gasteiger partial charge in [0.1, 0.15) is 11.5 Å². The van der Waals surface area contributed by atoms with Gasteiger partial charge in [0.2, 0.25) is 0 Å². The fraction of sp³-hybridized carbons (Fsp3) is 0.556. The van der Waals surface area contributed by atoms with Crippen molar-refractivity contribution >= 4 is 5.91 Å². The molecule has 27 heavy (non-hydrogen) atoms. The minimum Gasteiger partial charge on any atom is -0.336 e. The molecule has 2 aliphatic heterocycles. The van der Waals surface area contributed by atoms with Crippen LogP contribution in [0.15, 0.2) is 28.2 Å². The zero-order chi connectivity index (χ0) is 18.5. The van der Waals surface area contributed by atoms with E-state index in [2.05, 4.69) is 15.1 Å². The van der Waals surface area contributed by atoms with Gasteiger partial charge in [-0.05, 0) is 18.8 Å². The molecule has 2 fully saturated rings. The summed E-state index contributed by atoms with van der Waals surface area (Å²) in [6.45, 7) is 1.96. The van der Waals surface area contributed by atoms with E-state index >= 15 is 0 Å². The van der Waals surface area contributed by atoms with E-state index in [1.54, 1.807) is 4.90 Å². The summed E-state index contributed by atoms with van der Waals surface area (Å²) in [5, 5.41) is 4.55. The average molecular weight is 368 g/mol. The SMILES string of the molecule is O=C(c1cnccn1)N1C[C@@H]2Cn3c(nn(CC4CCC4)c(=O)c3=O)[C@H]2C1. The Morgan fingerprint density at radius 2 is 1.96 bits per heavy atom. The summed E-state index contributed by atoms with van der Waals surface area (Å²) < 4.78 is 2.87. The van der Waals surface area contributed by atoms with Gasteiger partial charge in [-0.25, -0.2) is 9.67 Å². The van der Waals surface area contributed by atoms with Crippen LogP contribution < -0.4 is 11.1 Å². The number of hydrogen-bond acceptors (Lipinski definition) is 6. The van der Waals surface area contributed by atoms with Crippen LogP contribution in [0.2, 0.25) is 0 Å². The number of fused-ring (bicyclic) bond motifs is 3. The van der Waals surface area contributed by atoms with Crippen molar-refractivity contribution < 1.29 is 4.79 Å². The summed E-state index contributed by atoms with van der Waals surface area (Å²) >= 11 is 0. The van der Waals surface area contributed by atoms with Crippen LogP contribution in [0.3, 0.4) is 0 Å². The summed E-state index contributed by atoms with van der Waals surface area (Å²) in [7, 11) is 0. The lowest BCUT2D eigenvalue weighted by molar-refractivity contribution is 0.0776. The summed E-state index contributed by atoms with van der Waals surface area (Å²) in [4.78, 5) is 47.3. The van der Waals surface area contributed by atoms with Crippen LogP contribution in [0.5, 0.6) is 0 Å². The van der Waals surface area contributed by atoms with Gasteiger partial charge >= 0.3 is 11.1 Å². The van der Waals surface area contributed by atoms with Crippen molar-refractivity contribution in [3.63, 3.8) is 0 Å². The first kappa shape index (κ1) is 16.3. The molecule has 0 unspecified atom stereocenters. The lowest BCUT2D eigenvalue weighted by atomic mass is 9.85. The number of amides is 1. The summed E-state index contributed by atoms with van der Waals surface area (Å²) in [6, 6.07) is 0. The van der Waals surface area contributed by atoms with Crippen LogP contribution in [0.4, 0.5) is 0 Å². The van der Waals surface area contributed by atoms with E-state index in [0.29, 0.717) is 43.6 Å². The fourth-order valence-electron chi connectivity index (χ4n) is 4.37. The predicted molar refractivity (Wildman–Crippen MR) is 94.3 cm³/mol. The zero-order valence-corrected chi connectivity index (χ0v) is 14.8. The summed E-state index contributed by atoms with van der Waals surface area (Å²) in [5.41, 5.74) is -0.698. The second-order valence-corrected chi connectivity index (χ2v) is 7.73. The molecule has 9 heteroatoms. The van der Waals surface area contributed by atoms with Crippen LogP contribution in [-0.2, 0) is 13.1 Å². The second kappa shape index (κ2) is 6.11. The van der Waals surface area contributed by atoms with E-state index < -0.39 is 11.1 Å². The van der Waals surface area contributed by atoms with Gasteiger partial charge in [-0.2, -0.15) is 5.10 Å². The monoisotopic (exact) mass is 368 g/mol. The molecule has 1 saturated heterocycles. The molecule has 1 saturated carbocycles. The van der Waals surface area contributed by atoms with Gasteiger partial charge < -0.3 is 4.90 Å². The molecule has 0 spiro atoms. The molecule has 0 N–H and O–H groups in total. The third-order valence-electron chi connectivity index (χ3n) is 6.08.